The van der Waals surface area contributed by atoms with Crippen LogP contribution in [0.1, 0.15) is 11.3 Å². The maximum atomic E-state index is 12.6. The lowest BCUT2D eigenvalue weighted by molar-refractivity contribution is -0.123. The molecule has 3 heterocycles. The molecule has 0 radical (unpaired) electrons. The number of carbonyl (C=O) groups is 1. The van der Waals surface area contributed by atoms with Gasteiger partial charge in [-0.3, -0.25) is 14.8 Å². The lowest BCUT2D eigenvalue weighted by Gasteiger charge is -2.38. The predicted molar refractivity (Wildman–Crippen MR) is 117 cm³/mol. The van der Waals surface area contributed by atoms with E-state index in [1.54, 1.807) is 18.6 Å². The number of benzene rings is 1. The Balaban J connectivity index is 1.37. The minimum atomic E-state index is -0.508. The highest BCUT2D eigenvalue weighted by Crippen LogP contribution is 2.23. The maximum absolute atomic E-state index is 12.6. The summed E-state index contributed by atoms with van der Waals surface area (Å²) in [6, 6.07) is 7.74. The van der Waals surface area contributed by atoms with Crippen molar-refractivity contribution in [3.8, 4) is 10.7 Å². The number of thiazole rings is 1. The average Bonchev–Trinajstić information content (AvgIpc) is 3.22. The van der Waals surface area contributed by atoms with Crippen molar-refractivity contribution in [3.63, 3.8) is 0 Å². The second-order valence-electron chi connectivity index (χ2n) is 7.20. The summed E-state index contributed by atoms with van der Waals surface area (Å²) in [6.45, 7) is 2.47. The fourth-order valence-electron chi connectivity index (χ4n) is 3.42. The number of nitrogens with one attached hydrogen (secondary N) is 2. The van der Waals surface area contributed by atoms with Crippen molar-refractivity contribution in [2.24, 2.45) is 0 Å². The molecule has 1 aliphatic heterocycles. The summed E-state index contributed by atoms with van der Waals surface area (Å²) in [6.07, 6.45) is 5.77. The Hall–Kier alpha value is -2.39. The van der Waals surface area contributed by atoms with E-state index in [4.69, 9.17) is 16.3 Å². The first-order valence-corrected chi connectivity index (χ1v) is 10.9. The van der Waals surface area contributed by atoms with Gasteiger partial charge in [0.15, 0.2) is 0 Å². The zero-order valence-corrected chi connectivity index (χ0v) is 17.9. The van der Waals surface area contributed by atoms with Crippen molar-refractivity contribution in [3.05, 3.63) is 64.5 Å². The Bertz CT molecular complexity index is 992. The molecule has 0 saturated carbocycles. The summed E-state index contributed by atoms with van der Waals surface area (Å²) in [5.41, 5.74) is 1.99. The van der Waals surface area contributed by atoms with E-state index in [-0.39, 0.29) is 12.3 Å². The molecule has 1 aromatic carbocycles. The third kappa shape index (κ3) is 5.40. The molecular weight excluding hydrogens is 422 g/mol. The van der Waals surface area contributed by atoms with Crippen molar-refractivity contribution < 1.29 is 9.53 Å². The molecule has 30 heavy (non-hydrogen) atoms. The first-order valence-electron chi connectivity index (χ1n) is 9.69. The molecule has 3 aromatic rings. The molecule has 4 rings (SSSR count). The minimum absolute atomic E-state index is 0.0920. The van der Waals surface area contributed by atoms with E-state index in [0.29, 0.717) is 42.5 Å². The fourth-order valence-corrected chi connectivity index (χ4v) is 4.41. The number of amides is 1. The van der Waals surface area contributed by atoms with Crippen LogP contribution in [0.25, 0.3) is 10.7 Å². The molecule has 1 atom stereocenters. The Labute approximate surface area is 183 Å². The summed E-state index contributed by atoms with van der Waals surface area (Å²) < 4.78 is 6.12. The topological polar surface area (TPSA) is 89.0 Å². The first-order chi connectivity index (χ1) is 14.6. The molecule has 9 heteroatoms. The van der Waals surface area contributed by atoms with E-state index >= 15 is 0 Å². The van der Waals surface area contributed by atoms with E-state index in [1.807, 2.05) is 29.6 Å². The van der Waals surface area contributed by atoms with Gasteiger partial charge in [-0.1, -0.05) is 23.7 Å². The molecule has 2 aromatic heterocycles. The molecule has 0 spiro atoms. The van der Waals surface area contributed by atoms with Gasteiger partial charge in [0.05, 0.1) is 24.9 Å². The number of nitrogens with zero attached hydrogens (tertiary/aromatic N) is 3. The van der Waals surface area contributed by atoms with Crippen LogP contribution in [0.15, 0.2) is 48.2 Å². The standard InChI is InChI=1S/C21H22ClN5O2S/c22-16-3-1-2-15(8-16)10-21(13-24-6-7-29-21)14-26-19(28)9-17-12-30-20(27-17)18-11-23-4-5-25-18/h1-5,8,11-12,24H,6-7,9-10,13-14H2,(H,26,28). The lowest BCUT2D eigenvalue weighted by atomic mass is 9.92. The molecule has 156 valence electrons. The molecule has 2 N–H and O–H groups in total. The molecular formula is C21H22ClN5O2S. The number of hydrogen-bond acceptors (Lipinski definition) is 7. The van der Waals surface area contributed by atoms with E-state index in [2.05, 4.69) is 25.6 Å². The van der Waals surface area contributed by atoms with E-state index in [9.17, 15) is 4.79 Å². The summed E-state index contributed by atoms with van der Waals surface area (Å²) in [7, 11) is 0. The van der Waals surface area contributed by atoms with Gasteiger partial charge in [0.1, 0.15) is 16.3 Å². The van der Waals surface area contributed by atoms with Gasteiger partial charge in [-0.2, -0.15) is 0 Å². The van der Waals surface area contributed by atoms with E-state index in [0.717, 1.165) is 17.1 Å². The summed E-state index contributed by atoms with van der Waals surface area (Å²) in [5, 5.41) is 9.72. The van der Waals surface area contributed by atoms with Gasteiger partial charge in [0.25, 0.3) is 0 Å². The molecule has 1 saturated heterocycles. The van der Waals surface area contributed by atoms with E-state index in [1.165, 1.54) is 11.3 Å². The first kappa shape index (κ1) is 20.9. The van der Waals surface area contributed by atoms with Crippen LogP contribution in [0.4, 0.5) is 0 Å². The number of ether oxygens (including phenoxy) is 1. The van der Waals surface area contributed by atoms with Crippen LogP contribution < -0.4 is 10.6 Å². The Kier molecular flexibility index (Phi) is 6.69. The monoisotopic (exact) mass is 443 g/mol. The third-order valence-corrected chi connectivity index (χ3v) is 5.98. The number of rotatable bonds is 7. The minimum Gasteiger partial charge on any atom is -0.370 e. The summed E-state index contributed by atoms with van der Waals surface area (Å²) >= 11 is 7.58. The largest absolute Gasteiger partial charge is 0.370 e. The van der Waals surface area contributed by atoms with Crippen LogP contribution in [0.3, 0.4) is 0 Å². The Morgan fingerprint density at radius 1 is 1.37 bits per heavy atom. The number of morpholine rings is 1. The molecule has 0 aliphatic carbocycles. The molecule has 1 unspecified atom stereocenters. The van der Waals surface area contributed by atoms with Crippen LogP contribution in [-0.2, 0) is 22.4 Å². The predicted octanol–water partition coefficient (Wildman–Crippen LogP) is 2.51. The van der Waals surface area contributed by atoms with Gasteiger partial charge in [0, 0.05) is 48.9 Å². The highest BCUT2D eigenvalue weighted by molar-refractivity contribution is 7.13. The maximum Gasteiger partial charge on any atom is 0.226 e. The van der Waals surface area contributed by atoms with E-state index < -0.39 is 5.60 Å². The lowest BCUT2D eigenvalue weighted by Crippen LogP contribution is -2.57. The van der Waals surface area contributed by atoms with Gasteiger partial charge < -0.3 is 15.4 Å². The summed E-state index contributed by atoms with van der Waals surface area (Å²) in [4.78, 5) is 25.4. The molecule has 7 nitrogen and oxygen atoms in total. The van der Waals surface area contributed by atoms with Gasteiger partial charge in [-0.15, -0.1) is 11.3 Å². The van der Waals surface area contributed by atoms with Gasteiger partial charge in [-0.05, 0) is 17.7 Å². The fraction of sp³-hybridized carbons (Fsp3) is 0.333. The highest BCUT2D eigenvalue weighted by atomic mass is 35.5. The molecule has 1 aliphatic rings. The number of halogens is 1. The van der Waals surface area contributed by atoms with Crippen molar-refractivity contribution in [1.82, 2.24) is 25.6 Å². The van der Waals surface area contributed by atoms with Crippen LogP contribution in [0, 0.1) is 0 Å². The average molecular weight is 444 g/mol. The molecule has 1 fully saturated rings. The van der Waals surface area contributed by atoms with Crippen LogP contribution in [-0.4, -0.2) is 52.7 Å². The summed E-state index contributed by atoms with van der Waals surface area (Å²) in [5.74, 6) is -0.0920. The van der Waals surface area contributed by atoms with Crippen LogP contribution >= 0.6 is 22.9 Å². The number of carbonyl (C=O) groups excluding carboxylic acids is 1. The zero-order chi connectivity index (χ0) is 20.8. The zero-order valence-electron chi connectivity index (χ0n) is 16.3. The van der Waals surface area contributed by atoms with Crippen LogP contribution in [0.2, 0.25) is 5.02 Å². The van der Waals surface area contributed by atoms with Crippen molar-refractivity contribution in [1.29, 1.82) is 0 Å². The SMILES string of the molecule is O=C(Cc1csc(-c2cnccn2)n1)NCC1(Cc2cccc(Cl)c2)CNCCO1. The Morgan fingerprint density at radius 2 is 2.30 bits per heavy atom. The van der Waals surface area contributed by atoms with Gasteiger partial charge >= 0.3 is 0 Å². The highest BCUT2D eigenvalue weighted by Gasteiger charge is 2.34. The molecule has 1 amide bonds. The normalized spacial score (nSPS) is 18.8. The number of hydrogen-bond donors (Lipinski definition) is 2. The quantitative estimate of drug-likeness (QED) is 0.583. The van der Waals surface area contributed by atoms with Gasteiger partial charge in [0.2, 0.25) is 5.91 Å². The Morgan fingerprint density at radius 3 is 3.07 bits per heavy atom. The molecule has 0 bridgehead atoms. The van der Waals surface area contributed by atoms with Gasteiger partial charge in [-0.25, -0.2) is 4.98 Å². The second kappa shape index (κ2) is 9.61. The van der Waals surface area contributed by atoms with Crippen molar-refractivity contribution in [2.75, 3.05) is 26.2 Å². The van der Waals surface area contributed by atoms with Crippen molar-refractivity contribution in [2.45, 2.75) is 18.4 Å². The number of aromatic nitrogens is 3. The third-order valence-electron chi connectivity index (χ3n) is 4.83. The second-order valence-corrected chi connectivity index (χ2v) is 8.50. The van der Waals surface area contributed by atoms with Crippen molar-refractivity contribution >= 4 is 28.8 Å². The smallest absolute Gasteiger partial charge is 0.226 e. The van der Waals surface area contributed by atoms with Crippen LogP contribution in [0.5, 0.6) is 0 Å².